The van der Waals surface area contributed by atoms with E-state index in [-0.39, 0.29) is 17.5 Å². The maximum Gasteiger partial charge on any atom is 0.317 e. The molecule has 1 aromatic rings. The van der Waals surface area contributed by atoms with Crippen molar-refractivity contribution in [2.24, 2.45) is 0 Å². The van der Waals surface area contributed by atoms with Crippen LogP contribution < -0.4 is 5.32 Å². The highest BCUT2D eigenvalue weighted by Gasteiger charge is 2.44. The van der Waals surface area contributed by atoms with E-state index in [9.17, 15) is 9.59 Å². The summed E-state index contributed by atoms with van der Waals surface area (Å²) in [5.41, 5.74) is 0.0356. The smallest absolute Gasteiger partial charge is 0.317 e. The van der Waals surface area contributed by atoms with Crippen LogP contribution in [0.1, 0.15) is 29.4 Å². The lowest BCUT2D eigenvalue weighted by Crippen LogP contribution is -2.59. The maximum atomic E-state index is 12.6. The van der Waals surface area contributed by atoms with Crippen LogP contribution in [0, 0.1) is 0 Å². The van der Waals surface area contributed by atoms with E-state index in [1.54, 1.807) is 19.2 Å². The Morgan fingerprint density at radius 1 is 1.20 bits per heavy atom. The van der Waals surface area contributed by atoms with Crippen molar-refractivity contribution < 1.29 is 9.59 Å². The number of nitrogens with one attached hydrogen (secondary N) is 1. The Labute approximate surface area is 157 Å². The first-order valence-electron chi connectivity index (χ1n) is 8.75. The lowest BCUT2D eigenvalue weighted by atomic mass is 9.92. The Bertz CT molecular complexity index is 644. The topological polar surface area (TPSA) is 55.9 Å². The van der Waals surface area contributed by atoms with E-state index in [0.29, 0.717) is 9.21 Å². The van der Waals surface area contributed by atoms with E-state index in [2.05, 4.69) is 17.1 Å². The second-order valence-electron chi connectivity index (χ2n) is 6.69. The van der Waals surface area contributed by atoms with Gasteiger partial charge in [0, 0.05) is 51.9 Å². The van der Waals surface area contributed by atoms with Gasteiger partial charge in [-0.2, -0.15) is 0 Å². The third-order valence-electron chi connectivity index (χ3n) is 5.51. The molecule has 1 atom stereocenters. The summed E-state index contributed by atoms with van der Waals surface area (Å²) >= 11 is 7.28. The van der Waals surface area contributed by atoms with E-state index < -0.39 is 0 Å². The van der Waals surface area contributed by atoms with Crippen molar-refractivity contribution in [3.63, 3.8) is 0 Å². The van der Waals surface area contributed by atoms with Crippen LogP contribution in [0.3, 0.4) is 0 Å². The molecule has 3 heterocycles. The zero-order valence-electron chi connectivity index (χ0n) is 14.8. The molecule has 0 radical (unpaired) electrons. The van der Waals surface area contributed by atoms with Crippen LogP contribution >= 0.6 is 22.9 Å². The standard InChI is InChI=1S/C17H25ClN4O2S/c1-3-17(6-7-21(12-17)16(24)19-2)22-10-8-20(9-11-22)15(23)13-4-5-14(18)25-13/h4-5H,3,6-12H2,1-2H3,(H,19,24). The van der Waals surface area contributed by atoms with Gasteiger partial charge in [0.1, 0.15) is 0 Å². The Morgan fingerprint density at radius 2 is 1.92 bits per heavy atom. The first-order valence-corrected chi connectivity index (χ1v) is 9.95. The molecular weight excluding hydrogens is 360 g/mol. The number of rotatable bonds is 3. The summed E-state index contributed by atoms with van der Waals surface area (Å²) in [5, 5.41) is 2.72. The molecule has 1 N–H and O–H groups in total. The molecule has 2 saturated heterocycles. The van der Waals surface area contributed by atoms with Crippen molar-refractivity contribution in [2.45, 2.75) is 25.3 Å². The summed E-state index contributed by atoms with van der Waals surface area (Å²) in [6, 6.07) is 3.57. The highest BCUT2D eigenvalue weighted by Crippen LogP contribution is 2.32. The van der Waals surface area contributed by atoms with Crippen molar-refractivity contribution in [3.05, 3.63) is 21.3 Å². The average molecular weight is 385 g/mol. The average Bonchev–Trinajstić information content (AvgIpc) is 3.28. The third-order valence-corrected chi connectivity index (χ3v) is 6.73. The lowest BCUT2D eigenvalue weighted by molar-refractivity contribution is 0.0304. The number of urea groups is 1. The van der Waals surface area contributed by atoms with Crippen LogP contribution in [0.25, 0.3) is 0 Å². The molecule has 8 heteroatoms. The van der Waals surface area contributed by atoms with Crippen LogP contribution in [-0.4, -0.2) is 78.5 Å². The molecule has 0 bridgehead atoms. The molecule has 2 fully saturated rings. The van der Waals surface area contributed by atoms with E-state index in [0.717, 1.165) is 52.1 Å². The minimum Gasteiger partial charge on any atom is -0.341 e. The number of piperazine rings is 1. The highest BCUT2D eigenvalue weighted by atomic mass is 35.5. The second kappa shape index (κ2) is 7.51. The van der Waals surface area contributed by atoms with Crippen LogP contribution in [-0.2, 0) is 0 Å². The van der Waals surface area contributed by atoms with Gasteiger partial charge < -0.3 is 15.1 Å². The molecule has 6 nitrogen and oxygen atoms in total. The normalized spacial score (nSPS) is 24.6. The van der Waals surface area contributed by atoms with E-state index in [4.69, 9.17) is 11.6 Å². The van der Waals surface area contributed by atoms with E-state index in [1.807, 2.05) is 9.80 Å². The molecular formula is C17H25ClN4O2S. The van der Waals surface area contributed by atoms with Gasteiger partial charge in [0.25, 0.3) is 5.91 Å². The van der Waals surface area contributed by atoms with Gasteiger partial charge >= 0.3 is 6.03 Å². The van der Waals surface area contributed by atoms with Crippen LogP contribution in [0.2, 0.25) is 4.34 Å². The quantitative estimate of drug-likeness (QED) is 0.870. The number of hydrogen-bond donors (Lipinski definition) is 1. The molecule has 0 aliphatic carbocycles. The largest absolute Gasteiger partial charge is 0.341 e. The zero-order chi connectivity index (χ0) is 18.0. The van der Waals surface area contributed by atoms with Crippen LogP contribution in [0.5, 0.6) is 0 Å². The van der Waals surface area contributed by atoms with Gasteiger partial charge in [-0.3, -0.25) is 9.69 Å². The summed E-state index contributed by atoms with van der Waals surface area (Å²) in [4.78, 5) is 31.5. The molecule has 3 rings (SSSR count). The third kappa shape index (κ3) is 3.64. The molecule has 2 aliphatic heterocycles. The first-order chi connectivity index (χ1) is 12.0. The number of hydrogen-bond acceptors (Lipinski definition) is 4. The molecule has 1 aromatic heterocycles. The second-order valence-corrected chi connectivity index (χ2v) is 8.40. The Kier molecular flexibility index (Phi) is 5.55. The van der Waals surface area contributed by atoms with Gasteiger partial charge in [-0.25, -0.2) is 4.79 Å². The molecule has 25 heavy (non-hydrogen) atoms. The van der Waals surface area contributed by atoms with E-state index >= 15 is 0 Å². The fraction of sp³-hybridized carbons (Fsp3) is 0.647. The number of carbonyl (C=O) groups excluding carboxylic acids is 2. The fourth-order valence-corrected chi connectivity index (χ4v) is 4.94. The molecule has 0 aromatic carbocycles. The van der Waals surface area contributed by atoms with Gasteiger partial charge in [-0.05, 0) is 25.0 Å². The molecule has 2 aliphatic rings. The molecule has 138 valence electrons. The predicted octanol–water partition coefficient (Wildman–Crippen LogP) is 2.35. The summed E-state index contributed by atoms with van der Waals surface area (Å²) in [6.45, 7) is 6.88. The molecule has 1 unspecified atom stereocenters. The fourth-order valence-electron chi connectivity index (χ4n) is 3.93. The number of thiophene rings is 1. The van der Waals surface area contributed by atoms with Gasteiger partial charge in [0.05, 0.1) is 9.21 Å². The molecule has 3 amide bonds. The Balaban J connectivity index is 1.61. The highest BCUT2D eigenvalue weighted by molar-refractivity contribution is 7.17. The zero-order valence-corrected chi connectivity index (χ0v) is 16.3. The lowest BCUT2D eigenvalue weighted by Gasteiger charge is -2.45. The van der Waals surface area contributed by atoms with Crippen molar-refractivity contribution in [1.29, 1.82) is 0 Å². The van der Waals surface area contributed by atoms with E-state index in [1.165, 1.54) is 11.3 Å². The van der Waals surface area contributed by atoms with Crippen molar-refractivity contribution in [3.8, 4) is 0 Å². The SMILES string of the molecule is CCC1(N2CCN(C(=O)c3ccc(Cl)s3)CC2)CCN(C(=O)NC)C1. The first kappa shape index (κ1) is 18.5. The van der Waals surface area contributed by atoms with Crippen molar-refractivity contribution in [2.75, 3.05) is 46.3 Å². The summed E-state index contributed by atoms with van der Waals surface area (Å²) in [5.74, 6) is 0.0699. The Morgan fingerprint density at radius 3 is 2.48 bits per heavy atom. The van der Waals surface area contributed by atoms with Crippen molar-refractivity contribution in [1.82, 2.24) is 20.0 Å². The number of likely N-dealkylation sites (tertiary alicyclic amines) is 1. The number of amides is 3. The van der Waals surface area contributed by atoms with Crippen molar-refractivity contribution >= 4 is 34.9 Å². The van der Waals surface area contributed by atoms with Gasteiger partial charge in [-0.1, -0.05) is 18.5 Å². The minimum absolute atomic E-state index is 0.00119. The number of carbonyl (C=O) groups is 2. The maximum absolute atomic E-state index is 12.6. The predicted molar refractivity (Wildman–Crippen MR) is 100 cm³/mol. The van der Waals surface area contributed by atoms with Gasteiger partial charge in [-0.15, -0.1) is 11.3 Å². The van der Waals surface area contributed by atoms with Crippen LogP contribution in [0.15, 0.2) is 12.1 Å². The monoisotopic (exact) mass is 384 g/mol. The summed E-state index contributed by atoms with van der Waals surface area (Å²) in [6.07, 6.45) is 2.00. The number of halogens is 1. The van der Waals surface area contributed by atoms with Gasteiger partial charge in [0.2, 0.25) is 0 Å². The van der Waals surface area contributed by atoms with Gasteiger partial charge in [0.15, 0.2) is 0 Å². The molecule has 0 spiro atoms. The summed E-state index contributed by atoms with van der Waals surface area (Å²) < 4.78 is 0.646. The number of nitrogens with zero attached hydrogens (tertiary/aromatic N) is 3. The molecule has 0 saturated carbocycles. The summed E-state index contributed by atoms with van der Waals surface area (Å²) in [7, 11) is 1.68. The van der Waals surface area contributed by atoms with Crippen LogP contribution in [0.4, 0.5) is 4.79 Å². The Hall–Kier alpha value is -1.31. The minimum atomic E-state index is -0.00119.